The maximum atomic E-state index is 9.87. The van der Waals surface area contributed by atoms with Crippen molar-refractivity contribution >= 4 is 15.9 Å². The molecule has 0 spiro atoms. The van der Waals surface area contributed by atoms with Gasteiger partial charge in [-0.3, -0.25) is 4.98 Å². The van der Waals surface area contributed by atoms with E-state index in [1.165, 1.54) is 0 Å². The number of hydrogen-bond acceptors (Lipinski definition) is 2. The van der Waals surface area contributed by atoms with E-state index in [1.54, 1.807) is 18.5 Å². The van der Waals surface area contributed by atoms with E-state index in [-0.39, 0.29) is 0 Å². The molecule has 0 fully saturated rings. The van der Waals surface area contributed by atoms with Crippen LogP contribution in [0.5, 0.6) is 0 Å². The molecule has 1 aromatic heterocycles. The van der Waals surface area contributed by atoms with Crippen molar-refractivity contribution in [3.63, 3.8) is 0 Å². The van der Waals surface area contributed by atoms with E-state index < -0.39 is 6.10 Å². The molecule has 2 aromatic rings. The van der Waals surface area contributed by atoms with Gasteiger partial charge in [-0.1, -0.05) is 30.0 Å². The highest BCUT2D eigenvalue weighted by Crippen LogP contribution is 2.15. The van der Waals surface area contributed by atoms with E-state index >= 15 is 0 Å². The van der Waals surface area contributed by atoms with Gasteiger partial charge in [-0.2, -0.15) is 0 Å². The first kappa shape index (κ1) is 11.8. The van der Waals surface area contributed by atoms with E-state index in [0.717, 1.165) is 10.0 Å². The largest absolute Gasteiger partial charge is 0.376 e. The Morgan fingerprint density at radius 3 is 2.65 bits per heavy atom. The van der Waals surface area contributed by atoms with E-state index in [1.807, 2.05) is 30.3 Å². The fraction of sp³-hybridized carbons (Fsp3) is 0.0714. The number of rotatable bonds is 1. The van der Waals surface area contributed by atoms with E-state index in [0.29, 0.717) is 5.56 Å². The fourth-order valence-electron chi connectivity index (χ4n) is 1.33. The molecule has 1 N–H and O–H groups in total. The van der Waals surface area contributed by atoms with Crippen molar-refractivity contribution < 1.29 is 5.11 Å². The average molecular weight is 288 g/mol. The Kier molecular flexibility index (Phi) is 3.92. The third-order valence-corrected chi connectivity index (χ3v) is 2.60. The second-order valence-corrected chi connectivity index (χ2v) is 4.39. The maximum Gasteiger partial charge on any atom is 0.142 e. The smallest absolute Gasteiger partial charge is 0.142 e. The predicted molar refractivity (Wildman–Crippen MR) is 70.2 cm³/mol. The number of pyridine rings is 1. The van der Waals surface area contributed by atoms with Crippen LogP contribution in [0.1, 0.15) is 17.2 Å². The van der Waals surface area contributed by atoms with Gasteiger partial charge in [0.25, 0.3) is 0 Å². The van der Waals surface area contributed by atoms with Crippen molar-refractivity contribution in [1.29, 1.82) is 0 Å². The summed E-state index contributed by atoms with van der Waals surface area (Å²) < 4.78 is 0.829. The van der Waals surface area contributed by atoms with Crippen LogP contribution in [0.2, 0.25) is 0 Å². The normalized spacial score (nSPS) is 11.4. The first-order valence-electron chi connectivity index (χ1n) is 5.11. The molecule has 0 saturated carbocycles. The number of nitrogens with zero attached hydrogens (tertiary/aromatic N) is 1. The summed E-state index contributed by atoms with van der Waals surface area (Å²) in [6.07, 6.45) is 2.45. The number of aromatic nitrogens is 1. The number of benzene rings is 1. The summed E-state index contributed by atoms with van der Waals surface area (Å²) in [5, 5.41) is 9.87. The predicted octanol–water partition coefficient (Wildman–Crippen LogP) is 2.93. The van der Waals surface area contributed by atoms with Crippen LogP contribution in [0.15, 0.2) is 53.3 Å². The highest BCUT2D eigenvalue weighted by Gasteiger charge is 2.03. The monoisotopic (exact) mass is 287 g/mol. The lowest BCUT2D eigenvalue weighted by Gasteiger charge is -2.02. The molecule has 1 aromatic carbocycles. The van der Waals surface area contributed by atoms with Gasteiger partial charge in [0.15, 0.2) is 0 Å². The first-order chi connectivity index (χ1) is 8.25. The van der Waals surface area contributed by atoms with Crippen molar-refractivity contribution in [2.24, 2.45) is 0 Å². The molecule has 0 aliphatic carbocycles. The number of aliphatic hydroxyl groups excluding tert-OH is 1. The zero-order valence-electron chi connectivity index (χ0n) is 8.97. The zero-order valence-corrected chi connectivity index (χ0v) is 10.6. The van der Waals surface area contributed by atoms with Crippen molar-refractivity contribution in [1.82, 2.24) is 4.98 Å². The van der Waals surface area contributed by atoms with Crippen molar-refractivity contribution in [3.05, 3.63) is 64.4 Å². The molecule has 0 radical (unpaired) electrons. The van der Waals surface area contributed by atoms with Crippen molar-refractivity contribution in [3.8, 4) is 11.8 Å². The molecule has 84 valence electrons. The minimum atomic E-state index is -0.819. The summed E-state index contributed by atoms with van der Waals surface area (Å²) in [6, 6.07) is 11.4. The molecule has 0 aliphatic heterocycles. The van der Waals surface area contributed by atoms with Crippen LogP contribution in [0.3, 0.4) is 0 Å². The van der Waals surface area contributed by atoms with Gasteiger partial charge in [-0.25, -0.2) is 0 Å². The number of hydrogen-bond donors (Lipinski definition) is 1. The minimum absolute atomic E-state index is 0.683. The van der Waals surface area contributed by atoms with Gasteiger partial charge >= 0.3 is 0 Å². The third kappa shape index (κ3) is 3.42. The molecular formula is C14H10BrNO. The Bertz CT molecular complexity index is 557. The molecule has 1 atom stereocenters. The van der Waals surface area contributed by atoms with Crippen LogP contribution in [-0.4, -0.2) is 10.1 Å². The quantitative estimate of drug-likeness (QED) is 0.818. The van der Waals surface area contributed by atoms with Crippen LogP contribution in [0, 0.1) is 11.8 Å². The minimum Gasteiger partial charge on any atom is -0.376 e. The van der Waals surface area contributed by atoms with Gasteiger partial charge in [0.2, 0.25) is 0 Å². The van der Waals surface area contributed by atoms with Crippen LogP contribution in [0.25, 0.3) is 0 Å². The lowest BCUT2D eigenvalue weighted by atomic mass is 10.1. The SMILES string of the molecule is O[C@@H](C#Cc1ccccc1)c1cncc(Br)c1. The number of aliphatic hydroxyl groups is 1. The second-order valence-electron chi connectivity index (χ2n) is 3.47. The van der Waals surface area contributed by atoms with Crippen LogP contribution in [0.4, 0.5) is 0 Å². The average Bonchev–Trinajstić information content (AvgIpc) is 2.37. The Labute approximate surface area is 108 Å². The van der Waals surface area contributed by atoms with Gasteiger partial charge in [0.05, 0.1) is 0 Å². The van der Waals surface area contributed by atoms with Gasteiger partial charge in [0, 0.05) is 28.0 Å². The lowest BCUT2D eigenvalue weighted by molar-refractivity contribution is 0.238. The summed E-state index contributed by atoms with van der Waals surface area (Å²) in [5.41, 5.74) is 1.57. The Hall–Kier alpha value is -1.63. The van der Waals surface area contributed by atoms with Gasteiger partial charge < -0.3 is 5.11 Å². The standard InChI is InChI=1S/C14H10BrNO/c15-13-8-12(9-16-10-13)14(17)7-6-11-4-2-1-3-5-11/h1-5,8-10,14,17H/t14-/m0/s1. The Balaban J connectivity index is 2.18. The van der Waals surface area contributed by atoms with Crippen LogP contribution >= 0.6 is 15.9 Å². The molecule has 0 saturated heterocycles. The van der Waals surface area contributed by atoms with Crippen molar-refractivity contribution in [2.45, 2.75) is 6.10 Å². The van der Waals surface area contributed by atoms with Crippen LogP contribution < -0.4 is 0 Å². The molecule has 1 heterocycles. The molecule has 2 rings (SSSR count). The molecule has 0 bridgehead atoms. The second kappa shape index (κ2) is 5.62. The van der Waals surface area contributed by atoms with E-state index in [9.17, 15) is 5.11 Å². The van der Waals surface area contributed by atoms with Crippen molar-refractivity contribution in [2.75, 3.05) is 0 Å². The molecule has 3 heteroatoms. The molecule has 17 heavy (non-hydrogen) atoms. The Morgan fingerprint density at radius 2 is 1.94 bits per heavy atom. The third-order valence-electron chi connectivity index (χ3n) is 2.17. The van der Waals surface area contributed by atoms with Gasteiger partial charge in [-0.15, -0.1) is 0 Å². The van der Waals surface area contributed by atoms with E-state index in [2.05, 4.69) is 32.8 Å². The summed E-state index contributed by atoms with van der Waals surface area (Å²) in [6.45, 7) is 0. The van der Waals surface area contributed by atoms with Crippen LogP contribution in [-0.2, 0) is 0 Å². The molecule has 0 unspecified atom stereocenters. The topological polar surface area (TPSA) is 33.1 Å². The molecule has 2 nitrogen and oxygen atoms in total. The summed E-state index contributed by atoms with van der Waals surface area (Å²) in [7, 11) is 0. The van der Waals surface area contributed by atoms with Gasteiger partial charge in [0.1, 0.15) is 6.10 Å². The summed E-state index contributed by atoms with van der Waals surface area (Å²) in [4.78, 5) is 3.99. The molecule has 0 aliphatic rings. The zero-order chi connectivity index (χ0) is 12.1. The van der Waals surface area contributed by atoms with Gasteiger partial charge in [-0.05, 0) is 34.1 Å². The highest BCUT2D eigenvalue weighted by atomic mass is 79.9. The highest BCUT2D eigenvalue weighted by molar-refractivity contribution is 9.10. The fourth-order valence-corrected chi connectivity index (χ4v) is 1.72. The summed E-state index contributed by atoms with van der Waals surface area (Å²) >= 11 is 3.30. The maximum absolute atomic E-state index is 9.87. The molecular weight excluding hydrogens is 278 g/mol. The Morgan fingerprint density at radius 1 is 1.18 bits per heavy atom. The number of halogens is 1. The lowest BCUT2D eigenvalue weighted by Crippen LogP contribution is -1.94. The molecule has 0 amide bonds. The first-order valence-corrected chi connectivity index (χ1v) is 5.90. The summed E-state index contributed by atoms with van der Waals surface area (Å²) in [5.74, 6) is 5.71. The van der Waals surface area contributed by atoms with E-state index in [4.69, 9.17) is 0 Å².